The number of benzodiazepines with no additional fused rings is 1. The molecule has 0 aliphatic carbocycles. The zero-order chi connectivity index (χ0) is 25.2. The van der Waals surface area contributed by atoms with Crippen molar-refractivity contribution in [2.45, 2.75) is 6.17 Å². The summed E-state index contributed by atoms with van der Waals surface area (Å²) in [6.07, 6.45) is 0.781. The Bertz CT molecular complexity index is 1470. The van der Waals surface area contributed by atoms with Gasteiger partial charge in [-0.3, -0.25) is 4.79 Å². The van der Waals surface area contributed by atoms with Crippen LogP contribution in [-0.2, 0) is 9.53 Å². The molecule has 0 saturated carbocycles. The molecule has 6 rings (SSSR count). The molecule has 2 aromatic heterocycles. The van der Waals surface area contributed by atoms with E-state index in [2.05, 4.69) is 36.8 Å². The maximum absolute atomic E-state index is 13.1. The first-order valence-corrected chi connectivity index (χ1v) is 12.1. The summed E-state index contributed by atoms with van der Waals surface area (Å²) in [6, 6.07) is 19.5. The lowest BCUT2D eigenvalue weighted by Crippen LogP contribution is -2.37. The van der Waals surface area contributed by atoms with Crippen molar-refractivity contribution < 1.29 is 13.9 Å². The minimum atomic E-state index is -0.986. The lowest BCUT2D eigenvalue weighted by molar-refractivity contribution is -0.116. The minimum Gasteiger partial charge on any atom is -0.402 e. The fourth-order valence-electron chi connectivity index (χ4n) is 4.44. The van der Waals surface area contributed by atoms with Gasteiger partial charge in [0.2, 0.25) is 6.17 Å². The quantitative estimate of drug-likeness (QED) is 0.402. The average Bonchev–Trinajstić information content (AvgIpc) is 3.35. The number of amides is 1. The van der Waals surface area contributed by atoms with Gasteiger partial charge in [0.1, 0.15) is 7.85 Å². The van der Waals surface area contributed by atoms with E-state index in [1.807, 2.05) is 62.4 Å². The molecule has 2 aliphatic heterocycles. The van der Waals surface area contributed by atoms with Gasteiger partial charge in [-0.1, -0.05) is 59.1 Å². The molecule has 10 nitrogen and oxygen atoms in total. The number of hydrogen-bond acceptors (Lipinski definition) is 9. The number of rotatable bonds is 5. The third kappa shape index (κ3) is 4.68. The van der Waals surface area contributed by atoms with Gasteiger partial charge in [-0.2, -0.15) is 0 Å². The number of anilines is 3. The zero-order valence-electron chi connectivity index (χ0n) is 20.2. The predicted molar refractivity (Wildman–Crippen MR) is 143 cm³/mol. The van der Waals surface area contributed by atoms with Crippen LogP contribution < -0.4 is 21.0 Å². The van der Waals surface area contributed by atoms with Crippen molar-refractivity contribution in [3.05, 3.63) is 78.0 Å². The summed E-state index contributed by atoms with van der Waals surface area (Å²) in [5, 5.41) is 14.3. The van der Waals surface area contributed by atoms with Gasteiger partial charge in [0.05, 0.1) is 30.3 Å². The van der Waals surface area contributed by atoms with Crippen molar-refractivity contribution in [2.24, 2.45) is 4.99 Å². The van der Waals surface area contributed by atoms with E-state index in [4.69, 9.17) is 14.1 Å². The Balaban J connectivity index is 1.32. The Morgan fingerprint density at radius 3 is 2.65 bits per heavy atom. The van der Waals surface area contributed by atoms with Gasteiger partial charge in [0.25, 0.3) is 11.8 Å². The highest BCUT2D eigenvalue weighted by Gasteiger charge is 2.28. The molecule has 1 fully saturated rings. The van der Waals surface area contributed by atoms with Crippen LogP contribution in [0.25, 0.3) is 11.6 Å². The third-order valence-corrected chi connectivity index (χ3v) is 6.24. The van der Waals surface area contributed by atoms with Gasteiger partial charge in [0, 0.05) is 30.4 Å². The molecular weight excluding hydrogens is 469 g/mol. The number of fused-ring (bicyclic) bond motifs is 1. The van der Waals surface area contributed by atoms with Gasteiger partial charge in [0.15, 0.2) is 5.69 Å². The molecule has 37 heavy (non-hydrogen) atoms. The molecule has 0 bridgehead atoms. The fraction of sp³-hybridized carbons (Fsp3) is 0.192. The summed E-state index contributed by atoms with van der Waals surface area (Å²) < 4.78 is 11.4. The molecule has 184 valence electrons. The Hall–Kier alpha value is -4.51. The van der Waals surface area contributed by atoms with Gasteiger partial charge < -0.3 is 24.7 Å². The van der Waals surface area contributed by atoms with Gasteiger partial charge >= 0.3 is 6.01 Å². The first-order chi connectivity index (χ1) is 18.2. The molecule has 0 radical (unpaired) electrons. The fourth-order valence-corrected chi connectivity index (χ4v) is 4.44. The molecule has 2 aliphatic rings. The van der Waals surface area contributed by atoms with Crippen LogP contribution in [0, 0.1) is 0 Å². The van der Waals surface area contributed by atoms with Crippen molar-refractivity contribution >= 4 is 42.3 Å². The third-order valence-electron chi connectivity index (χ3n) is 6.24. The monoisotopic (exact) mass is 493 g/mol. The van der Waals surface area contributed by atoms with Crippen molar-refractivity contribution in [3.8, 4) is 11.6 Å². The SMILES string of the molecule is Bc1cnc(-c2nnc(N[C@H]3N=C(c4ccccc4)c4ccccc4NC3=O)o2)c(N2CCOCC2)c1. The highest BCUT2D eigenvalue weighted by molar-refractivity contribution is 6.32. The Kier molecular flexibility index (Phi) is 6.11. The van der Waals surface area contributed by atoms with Gasteiger partial charge in [-0.15, -0.1) is 5.10 Å². The second kappa shape index (κ2) is 9.86. The number of carbonyl (C=O) groups excluding carboxylic acids is 1. The van der Waals surface area contributed by atoms with E-state index in [1.165, 1.54) is 0 Å². The van der Waals surface area contributed by atoms with E-state index in [0.717, 1.165) is 35.4 Å². The number of carbonyl (C=O) groups is 1. The van der Waals surface area contributed by atoms with Gasteiger partial charge in [-0.05, 0) is 12.1 Å². The highest BCUT2D eigenvalue weighted by atomic mass is 16.5. The van der Waals surface area contributed by atoms with Crippen LogP contribution in [0.3, 0.4) is 0 Å². The van der Waals surface area contributed by atoms with Crippen LogP contribution in [0.4, 0.5) is 17.4 Å². The molecular formula is C26H24BN7O3. The normalized spacial score (nSPS) is 17.4. The zero-order valence-corrected chi connectivity index (χ0v) is 20.2. The second-order valence-corrected chi connectivity index (χ2v) is 8.82. The lowest BCUT2D eigenvalue weighted by Gasteiger charge is -2.29. The smallest absolute Gasteiger partial charge is 0.317 e. The van der Waals surface area contributed by atoms with Crippen LogP contribution in [-0.4, -0.2) is 67.1 Å². The van der Waals surface area contributed by atoms with Crippen LogP contribution in [0.1, 0.15) is 11.1 Å². The molecule has 1 atom stereocenters. The number of para-hydroxylation sites is 1. The van der Waals surface area contributed by atoms with E-state index in [1.54, 1.807) is 6.20 Å². The topological polar surface area (TPSA) is 118 Å². The summed E-state index contributed by atoms with van der Waals surface area (Å²) in [6.45, 7) is 2.78. The lowest BCUT2D eigenvalue weighted by atomic mass is 9.97. The largest absolute Gasteiger partial charge is 0.402 e. The average molecular weight is 493 g/mol. The second-order valence-electron chi connectivity index (χ2n) is 8.82. The Morgan fingerprint density at radius 2 is 1.81 bits per heavy atom. The summed E-state index contributed by atoms with van der Waals surface area (Å²) in [4.78, 5) is 24.7. The van der Waals surface area contributed by atoms with E-state index in [-0.39, 0.29) is 17.8 Å². The van der Waals surface area contributed by atoms with Crippen LogP contribution in [0.15, 0.2) is 76.3 Å². The molecule has 4 aromatic rings. The number of aromatic nitrogens is 3. The predicted octanol–water partition coefficient (Wildman–Crippen LogP) is 1.45. The Labute approximate surface area is 214 Å². The van der Waals surface area contributed by atoms with E-state index in [9.17, 15) is 4.79 Å². The highest BCUT2D eigenvalue weighted by Crippen LogP contribution is 2.29. The maximum Gasteiger partial charge on any atom is 0.317 e. The Morgan fingerprint density at radius 1 is 1.03 bits per heavy atom. The first kappa shape index (κ1) is 22.9. The number of nitrogens with zero attached hydrogens (tertiary/aromatic N) is 5. The number of aliphatic imine (C=N–C) groups is 1. The summed E-state index contributed by atoms with van der Waals surface area (Å²) >= 11 is 0. The number of pyridine rings is 1. The molecule has 1 amide bonds. The molecule has 11 heteroatoms. The van der Waals surface area contributed by atoms with Crippen molar-refractivity contribution in [2.75, 3.05) is 41.8 Å². The van der Waals surface area contributed by atoms with E-state index < -0.39 is 6.17 Å². The molecule has 2 aromatic carbocycles. The summed E-state index contributed by atoms with van der Waals surface area (Å²) in [7, 11) is 1.99. The first-order valence-electron chi connectivity index (χ1n) is 12.1. The van der Waals surface area contributed by atoms with Crippen LogP contribution >= 0.6 is 0 Å². The number of benzene rings is 2. The molecule has 2 N–H and O–H groups in total. The number of nitrogens with one attached hydrogen (secondary N) is 2. The minimum absolute atomic E-state index is 0.0765. The van der Waals surface area contributed by atoms with Crippen LogP contribution in [0.5, 0.6) is 0 Å². The van der Waals surface area contributed by atoms with Crippen molar-refractivity contribution in [1.82, 2.24) is 15.2 Å². The molecule has 0 spiro atoms. The van der Waals surface area contributed by atoms with Gasteiger partial charge in [-0.25, -0.2) is 9.98 Å². The standard InChI is InChI=1S/C26H24BN7O3/c27-17-14-20(34-10-12-36-13-11-34)22(28-15-17)25-32-33-26(37-25)31-23-24(35)29-19-9-5-4-8-18(19)21(30-23)16-6-2-1-3-7-16/h1-9,14-15,23H,10-13,27H2,(H,29,35)(H,31,33)/t23-/m1/s1. The summed E-state index contributed by atoms with van der Waals surface area (Å²) in [5.74, 6) is -0.0748. The number of hydrogen-bond donors (Lipinski definition) is 2. The number of morpholine rings is 1. The molecule has 0 unspecified atom stereocenters. The summed E-state index contributed by atoms with van der Waals surface area (Å²) in [5.41, 5.74) is 5.61. The molecule has 1 saturated heterocycles. The van der Waals surface area contributed by atoms with E-state index >= 15 is 0 Å². The van der Waals surface area contributed by atoms with Crippen molar-refractivity contribution in [1.29, 1.82) is 0 Å². The molecule has 4 heterocycles. The van der Waals surface area contributed by atoms with E-state index in [0.29, 0.717) is 30.3 Å². The number of ether oxygens (including phenoxy) is 1. The maximum atomic E-state index is 13.1. The van der Waals surface area contributed by atoms with Crippen LogP contribution in [0.2, 0.25) is 0 Å². The van der Waals surface area contributed by atoms with Crippen molar-refractivity contribution in [3.63, 3.8) is 0 Å².